The number of rotatable bonds is 8. The Morgan fingerprint density at radius 1 is 0.938 bits per heavy atom. The third-order valence-corrected chi connectivity index (χ3v) is 6.16. The smallest absolute Gasteiger partial charge is 0.224 e. The standard InChI is InChI=1S/C25H20Cl2N2O2S/c26-19-11-7-18(8-12-19)25-29-22(16-32-25)17-9-13-20(14-10-17)28-24(30)6-3-15-31-23-5-2-1-4-21(23)27/h1-2,4-5,7-14,16H,3,6,15H2,(H,28,30). The molecular weight excluding hydrogens is 463 g/mol. The fourth-order valence-electron chi connectivity index (χ4n) is 3.06. The first kappa shape index (κ1) is 22.3. The Kier molecular flexibility index (Phi) is 7.43. The van der Waals surface area contributed by atoms with Crippen LogP contribution in [0.15, 0.2) is 78.2 Å². The molecule has 0 spiro atoms. The number of para-hydroxylation sites is 1. The first-order valence-electron chi connectivity index (χ1n) is 10.1. The normalized spacial score (nSPS) is 10.7. The van der Waals surface area contributed by atoms with Crippen LogP contribution in [0.4, 0.5) is 5.69 Å². The molecule has 0 unspecified atom stereocenters. The van der Waals surface area contributed by atoms with Gasteiger partial charge >= 0.3 is 0 Å². The van der Waals surface area contributed by atoms with E-state index in [0.29, 0.717) is 35.2 Å². The van der Waals surface area contributed by atoms with Crippen LogP contribution in [0.2, 0.25) is 10.0 Å². The number of aromatic nitrogens is 1. The van der Waals surface area contributed by atoms with Gasteiger partial charge in [-0.1, -0.05) is 59.6 Å². The summed E-state index contributed by atoms with van der Waals surface area (Å²) in [4.78, 5) is 16.9. The van der Waals surface area contributed by atoms with E-state index in [1.807, 2.05) is 72.1 Å². The zero-order valence-corrected chi connectivity index (χ0v) is 19.4. The lowest BCUT2D eigenvalue weighted by atomic mass is 10.1. The highest BCUT2D eigenvalue weighted by Crippen LogP contribution is 2.30. The van der Waals surface area contributed by atoms with Crippen LogP contribution in [0.25, 0.3) is 21.8 Å². The average Bonchev–Trinajstić information content (AvgIpc) is 3.29. The molecule has 0 aliphatic carbocycles. The number of ether oxygens (including phenoxy) is 1. The van der Waals surface area contributed by atoms with E-state index in [2.05, 4.69) is 5.32 Å². The zero-order chi connectivity index (χ0) is 22.3. The second-order valence-electron chi connectivity index (χ2n) is 7.05. The molecule has 0 fully saturated rings. The topological polar surface area (TPSA) is 51.2 Å². The SMILES string of the molecule is O=C(CCCOc1ccccc1Cl)Nc1ccc(-c2csc(-c3ccc(Cl)cc3)n2)cc1. The van der Waals surface area contributed by atoms with Crippen molar-refractivity contribution in [2.45, 2.75) is 12.8 Å². The highest BCUT2D eigenvalue weighted by molar-refractivity contribution is 7.13. The van der Waals surface area contributed by atoms with Crippen molar-refractivity contribution >= 4 is 46.1 Å². The number of halogens is 2. The van der Waals surface area contributed by atoms with Crippen molar-refractivity contribution in [1.29, 1.82) is 0 Å². The van der Waals surface area contributed by atoms with Crippen LogP contribution in [-0.2, 0) is 4.79 Å². The van der Waals surface area contributed by atoms with E-state index < -0.39 is 0 Å². The second kappa shape index (κ2) is 10.6. The predicted octanol–water partition coefficient (Wildman–Crippen LogP) is 7.58. The molecule has 0 atom stereocenters. The van der Waals surface area contributed by atoms with E-state index in [0.717, 1.165) is 27.5 Å². The number of nitrogens with one attached hydrogen (secondary N) is 1. The fourth-order valence-corrected chi connectivity index (χ4v) is 4.21. The molecule has 32 heavy (non-hydrogen) atoms. The van der Waals surface area contributed by atoms with Crippen molar-refractivity contribution in [2.75, 3.05) is 11.9 Å². The largest absolute Gasteiger partial charge is 0.492 e. The Morgan fingerprint density at radius 3 is 2.41 bits per heavy atom. The van der Waals surface area contributed by atoms with Crippen LogP contribution >= 0.6 is 34.5 Å². The van der Waals surface area contributed by atoms with Gasteiger partial charge in [0.2, 0.25) is 5.91 Å². The number of hydrogen-bond donors (Lipinski definition) is 1. The maximum absolute atomic E-state index is 12.2. The Bertz CT molecular complexity index is 1190. The minimum absolute atomic E-state index is 0.0563. The number of amides is 1. The molecule has 4 nitrogen and oxygen atoms in total. The van der Waals surface area contributed by atoms with Gasteiger partial charge in [0.25, 0.3) is 0 Å². The molecule has 0 aliphatic heterocycles. The highest BCUT2D eigenvalue weighted by Gasteiger charge is 2.08. The third-order valence-electron chi connectivity index (χ3n) is 4.70. The number of nitrogens with zero attached hydrogens (tertiary/aromatic N) is 1. The van der Waals surface area contributed by atoms with Gasteiger partial charge in [-0.05, 0) is 42.8 Å². The zero-order valence-electron chi connectivity index (χ0n) is 17.1. The minimum Gasteiger partial charge on any atom is -0.492 e. The van der Waals surface area contributed by atoms with E-state index in [9.17, 15) is 4.79 Å². The first-order chi connectivity index (χ1) is 15.6. The molecule has 162 valence electrons. The first-order valence-corrected chi connectivity index (χ1v) is 11.7. The van der Waals surface area contributed by atoms with Crippen molar-refractivity contribution in [3.63, 3.8) is 0 Å². The van der Waals surface area contributed by atoms with Crippen LogP contribution in [-0.4, -0.2) is 17.5 Å². The highest BCUT2D eigenvalue weighted by atomic mass is 35.5. The van der Waals surface area contributed by atoms with E-state index in [-0.39, 0.29) is 5.91 Å². The molecule has 0 aliphatic rings. The molecule has 0 saturated carbocycles. The summed E-state index contributed by atoms with van der Waals surface area (Å²) in [6.07, 6.45) is 0.962. The molecule has 0 saturated heterocycles. The summed E-state index contributed by atoms with van der Waals surface area (Å²) in [5, 5.41) is 7.15. The lowest BCUT2D eigenvalue weighted by Crippen LogP contribution is -2.12. The molecule has 0 bridgehead atoms. The van der Waals surface area contributed by atoms with Gasteiger partial charge in [0.1, 0.15) is 10.8 Å². The molecule has 1 aromatic heterocycles. The summed E-state index contributed by atoms with van der Waals surface area (Å²) in [7, 11) is 0. The van der Waals surface area contributed by atoms with Crippen LogP contribution in [0.5, 0.6) is 5.75 Å². The van der Waals surface area contributed by atoms with Gasteiger partial charge in [-0.15, -0.1) is 11.3 Å². The molecule has 1 N–H and O–H groups in total. The summed E-state index contributed by atoms with van der Waals surface area (Å²) >= 11 is 13.6. The number of thiazole rings is 1. The summed E-state index contributed by atoms with van der Waals surface area (Å²) in [6.45, 7) is 0.426. The van der Waals surface area contributed by atoms with Crippen molar-refractivity contribution < 1.29 is 9.53 Å². The monoisotopic (exact) mass is 482 g/mol. The summed E-state index contributed by atoms with van der Waals surface area (Å²) in [5.41, 5.74) is 3.68. The molecule has 4 aromatic rings. The summed E-state index contributed by atoms with van der Waals surface area (Å²) < 4.78 is 5.62. The molecule has 1 heterocycles. The lowest BCUT2D eigenvalue weighted by Gasteiger charge is -2.08. The van der Waals surface area contributed by atoms with E-state index in [1.165, 1.54) is 0 Å². The van der Waals surface area contributed by atoms with Crippen molar-refractivity contribution in [3.05, 3.63) is 88.2 Å². The van der Waals surface area contributed by atoms with Gasteiger partial charge in [0.15, 0.2) is 0 Å². The number of anilines is 1. The van der Waals surface area contributed by atoms with E-state index in [4.69, 9.17) is 32.9 Å². The predicted molar refractivity (Wildman–Crippen MR) is 133 cm³/mol. The fraction of sp³-hybridized carbons (Fsp3) is 0.120. The van der Waals surface area contributed by atoms with Crippen LogP contribution < -0.4 is 10.1 Å². The Morgan fingerprint density at radius 2 is 1.66 bits per heavy atom. The minimum atomic E-state index is -0.0563. The number of benzene rings is 3. The van der Waals surface area contributed by atoms with E-state index in [1.54, 1.807) is 17.4 Å². The molecule has 3 aromatic carbocycles. The van der Waals surface area contributed by atoms with Gasteiger partial charge < -0.3 is 10.1 Å². The number of carbonyl (C=O) groups excluding carboxylic acids is 1. The molecule has 0 radical (unpaired) electrons. The second-order valence-corrected chi connectivity index (χ2v) is 8.75. The maximum Gasteiger partial charge on any atom is 0.224 e. The summed E-state index contributed by atoms with van der Waals surface area (Å²) in [6, 6.07) is 22.6. The maximum atomic E-state index is 12.2. The Balaban J connectivity index is 1.28. The number of carbonyl (C=O) groups is 1. The Labute approximate surface area is 200 Å². The third kappa shape index (κ3) is 5.88. The van der Waals surface area contributed by atoms with Crippen LogP contribution in [0, 0.1) is 0 Å². The molecular formula is C25H20Cl2N2O2S. The molecule has 4 rings (SSSR count). The van der Waals surface area contributed by atoms with E-state index >= 15 is 0 Å². The lowest BCUT2D eigenvalue weighted by molar-refractivity contribution is -0.116. The molecule has 1 amide bonds. The number of hydrogen-bond acceptors (Lipinski definition) is 4. The average molecular weight is 483 g/mol. The van der Waals surface area contributed by atoms with Crippen molar-refractivity contribution in [2.24, 2.45) is 0 Å². The van der Waals surface area contributed by atoms with Gasteiger partial charge in [0.05, 0.1) is 17.3 Å². The molecule has 7 heteroatoms. The Hall–Kier alpha value is -2.86. The quantitative estimate of drug-likeness (QED) is 0.263. The van der Waals surface area contributed by atoms with Gasteiger partial charge in [0, 0.05) is 33.6 Å². The summed E-state index contributed by atoms with van der Waals surface area (Å²) in [5.74, 6) is 0.575. The van der Waals surface area contributed by atoms with Gasteiger partial charge in [-0.25, -0.2) is 4.98 Å². The van der Waals surface area contributed by atoms with Gasteiger partial charge in [-0.2, -0.15) is 0 Å². The van der Waals surface area contributed by atoms with Crippen molar-refractivity contribution in [1.82, 2.24) is 4.98 Å². The van der Waals surface area contributed by atoms with Crippen molar-refractivity contribution in [3.8, 4) is 27.6 Å². The van der Waals surface area contributed by atoms with Crippen LogP contribution in [0.3, 0.4) is 0 Å². The van der Waals surface area contributed by atoms with Crippen LogP contribution in [0.1, 0.15) is 12.8 Å². The van der Waals surface area contributed by atoms with Gasteiger partial charge in [-0.3, -0.25) is 4.79 Å².